The topological polar surface area (TPSA) is 93.8 Å². The average molecular weight is 490 g/mol. The number of aromatic nitrogens is 2. The summed E-state index contributed by atoms with van der Waals surface area (Å²) in [6, 6.07) is 11.4. The van der Waals surface area contributed by atoms with Gasteiger partial charge in [0.25, 0.3) is 5.91 Å². The number of piperazine rings is 1. The number of hydrogen-bond acceptors (Lipinski definition) is 7. The van der Waals surface area contributed by atoms with Gasteiger partial charge in [-0.2, -0.15) is 4.98 Å². The lowest BCUT2D eigenvalue weighted by Gasteiger charge is -2.37. The van der Waals surface area contributed by atoms with Gasteiger partial charge >= 0.3 is 0 Å². The second-order valence-corrected chi connectivity index (χ2v) is 8.39. The van der Waals surface area contributed by atoms with E-state index >= 15 is 0 Å². The number of amides is 1. The third-order valence-corrected chi connectivity index (χ3v) is 6.35. The van der Waals surface area contributed by atoms with Gasteiger partial charge in [0.15, 0.2) is 6.10 Å². The number of halogens is 2. The predicted molar refractivity (Wildman–Crippen MR) is 131 cm³/mol. The highest BCUT2D eigenvalue weighted by molar-refractivity contribution is 6.33. The van der Waals surface area contributed by atoms with Gasteiger partial charge in [-0.15, -0.1) is 12.4 Å². The van der Waals surface area contributed by atoms with Crippen LogP contribution in [0.25, 0.3) is 10.9 Å². The van der Waals surface area contributed by atoms with Gasteiger partial charge in [-0.05, 0) is 30.5 Å². The highest BCUT2D eigenvalue weighted by Gasteiger charge is 2.32. The SMILES string of the molecule is COc1cc2nc(N3CCN(C(=O)C4CCc5ccccc5O4)CC3)nc(N)c2cc1Cl.Cl. The zero-order chi connectivity index (χ0) is 22.2. The molecule has 3 heterocycles. The van der Waals surface area contributed by atoms with Crippen LogP contribution in [0, 0.1) is 0 Å². The van der Waals surface area contributed by atoms with Crippen molar-refractivity contribution in [2.75, 3.05) is 43.9 Å². The number of nitrogens with zero attached hydrogens (tertiary/aromatic N) is 4. The second-order valence-electron chi connectivity index (χ2n) is 7.98. The summed E-state index contributed by atoms with van der Waals surface area (Å²) in [6.45, 7) is 2.38. The minimum atomic E-state index is -0.429. The molecule has 0 aliphatic carbocycles. The molecule has 1 amide bonds. The molecule has 10 heteroatoms. The molecule has 8 nitrogen and oxygen atoms in total. The fourth-order valence-corrected chi connectivity index (χ4v) is 4.51. The first-order valence-corrected chi connectivity index (χ1v) is 11.0. The molecule has 1 fully saturated rings. The van der Waals surface area contributed by atoms with Crippen LogP contribution in [0.4, 0.5) is 11.8 Å². The fraction of sp³-hybridized carbons (Fsp3) is 0.348. The van der Waals surface area contributed by atoms with E-state index in [4.69, 9.17) is 26.8 Å². The van der Waals surface area contributed by atoms with Crippen LogP contribution in [-0.4, -0.2) is 60.2 Å². The summed E-state index contributed by atoms with van der Waals surface area (Å²) >= 11 is 6.21. The van der Waals surface area contributed by atoms with E-state index in [1.807, 2.05) is 34.1 Å². The predicted octanol–water partition coefficient (Wildman–Crippen LogP) is 3.34. The molecule has 2 aliphatic heterocycles. The molecule has 5 rings (SSSR count). The van der Waals surface area contributed by atoms with E-state index in [2.05, 4.69) is 9.97 Å². The lowest BCUT2D eigenvalue weighted by molar-refractivity contribution is -0.139. The van der Waals surface area contributed by atoms with E-state index in [1.54, 1.807) is 19.2 Å². The first-order chi connectivity index (χ1) is 15.5. The Morgan fingerprint density at radius 3 is 2.70 bits per heavy atom. The number of aryl methyl sites for hydroxylation is 1. The molecule has 2 aliphatic rings. The van der Waals surface area contributed by atoms with Gasteiger partial charge in [0.05, 0.1) is 17.6 Å². The summed E-state index contributed by atoms with van der Waals surface area (Å²) < 4.78 is 11.3. The molecule has 1 saturated heterocycles. The molecule has 2 aromatic carbocycles. The van der Waals surface area contributed by atoms with Gasteiger partial charge in [0, 0.05) is 37.6 Å². The molecule has 1 atom stereocenters. The Morgan fingerprint density at radius 1 is 1.18 bits per heavy atom. The normalized spacial score (nSPS) is 17.7. The van der Waals surface area contributed by atoms with E-state index in [-0.39, 0.29) is 18.3 Å². The van der Waals surface area contributed by atoms with E-state index < -0.39 is 6.10 Å². The smallest absolute Gasteiger partial charge is 0.263 e. The minimum Gasteiger partial charge on any atom is -0.495 e. The van der Waals surface area contributed by atoms with Crippen molar-refractivity contribution in [3.63, 3.8) is 0 Å². The van der Waals surface area contributed by atoms with Crippen molar-refractivity contribution >= 4 is 52.6 Å². The number of anilines is 2. The quantitative estimate of drug-likeness (QED) is 0.602. The Labute approximate surface area is 203 Å². The van der Waals surface area contributed by atoms with Crippen LogP contribution in [-0.2, 0) is 11.2 Å². The average Bonchev–Trinajstić information content (AvgIpc) is 2.83. The zero-order valence-electron chi connectivity index (χ0n) is 18.2. The van der Waals surface area contributed by atoms with Crippen LogP contribution < -0.4 is 20.1 Å². The lowest BCUT2D eigenvalue weighted by atomic mass is 10.0. The number of ether oxygens (including phenoxy) is 2. The fourth-order valence-electron chi connectivity index (χ4n) is 4.27. The molecule has 0 saturated carbocycles. The first kappa shape index (κ1) is 23.2. The number of methoxy groups -OCH3 is 1. The Bertz CT molecular complexity index is 1180. The Kier molecular flexibility index (Phi) is 6.67. The van der Waals surface area contributed by atoms with Crippen LogP contribution >= 0.6 is 24.0 Å². The Hall–Kier alpha value is -2.97. The number of rotatable bonds is 3. The van der Waals surface area contributed by atoms with E-state index in [0.717, 1.165) is 17.7 Å². The van der Waals surface area contributed by atoms with Gasteiger partial charge in [0.2, 0.25) is 5.95 Å². The van der Waals surface area contributed by atoms with Crippen LogP contribution in [0.2, 0.25) is 5.02 Å². The molecule has 33 heavy (non-hydrogen) atoms. The molecule has 1 unspecified atom stereocenters. The van der Waals surface area contributed by atoms with Gasteiger partial charge in [-0.1, -0.05) is 29.8 Å². The van der Waals surface area contributed by atoms with Crippen LogP contribution in [0.15, 0.2) is 36.4 Å². The summed E-state index contributed by atoms with van der Waals surface area (Å²) in [5, 5.41) is 1.14. The molecular formula is C23H25Cl2N5O3. The van der Waals surface area contributed by atoms with Crippen LogP contribution in [0.1, 0.15) is 12.0 Å². The first-order valence-electron chi connectivity index (χ1n) is 10.6. The number of fused-ring (bicyclic) bond motifs is 2. The molecule has 0 bridgehead atoms. The maximum Gasteiger partial charge on any atom is 0.263 e. The maximum atomic E-state index is 13.0. The number of nitrogen functional groups attached to an aromatic ring is 1. The number of carbonyl (C=O) groups excluding carboxylic acids is 1. The van der Waals surface area contributed by atoms with E-state index in [1.165, 1.54) is 0 Å². The molecule has 0 radical (unpaired) electrons. The summed E-state index contributed by atoms with van der Waals surface area (Å²) in [7, 11) is 1.56. The van der Waals surface area contributed by atoms with Crippen molar-refractivity contribution in [3.8, 4) is 11.5 Å². The van der Waals surface area contributed by atoms with Crippen molar-refractivity contribution in [2.45, 2.75) is 18.9 Å². The number of nitrogens with two attached hydrogens (primary N) is 1. The van der Waals surface area contributed by atoms with Crippen LogP contribution in [0.5, 0.6) is 11.5 Å². The van der Waals surface area contributed by atoms with Crippen molar-refractivity contribution in [3.05, 3.63) is 47.0 Å². The van der Waals surface area contributed by atoms with Gasteiger partial charge in [-0.25, -0.2) is 4.98 Å². The number of hydrogen-bond donors (Lipinski definition) is 1. The van der Waals surface area contributed by atoms with Gasteiger partial charge in [-0.3, -0.25) is 4.79 Å². The van der Waals surface area contributed by atoms with Gasteiger partial charge < -0.3 is 25.0 Å². The Balaban J connectivity index is 0.00000259. The summed E-state index contributed by atoms with van der Waals surface area (Å²) in [4.78, 5) is 26.1. The van der Waals surface area contributed by atoms with Crippen molar-refractivity contribution in [1.29, 1.82) is 0 Å². The van der Waals surface area contributed by atoms with E-state index in [9.17, 15) is 4.79 Å². The van der Waals surface area contributed by atoms with Crippen molar-refractivity contribution in [2.24, 2.45) is 0 Å². The largest absolute Gasteiger partial charge is 0.495 e. The zero-order valence-corrected chi connectivity index (χ0v) is 19.7. The third-order valence-electron chi connectivity index (χ3n) is 6.05. The molecule has 174 valence electrons. The van der Waals surface area contributed by atoms with Crippen molar-refractivity contribution < 1.29 is 14.3 Å². The highest BCUT2D eigenvalue weighted by atomic mass is 35.5. The second kappa shape index (κ2) is 9.49. The standard InChI is InChI=1S/C23H24ClN5O3.ClH/c1-31-20-13-17-15(12-16(20)24)21(25)27-23(26-17)29-10-8-28(9-11-29)22(30)19-7-6-14-4-2-3-5-18(14)32-19;/h2-5,12-13,19H,6-11H2,1H3,(H2,25,26,27);1H. The molecular weight excluding hydrogens is 465 g/mol. The number of para-hydroxylation sites is 1. The van der Waals surface area contributed by atoms with E-state index in [0.29, 0.717) is 66.0 Å². The molecule has 0 spiro atoms. The minimum absolute atomic E-state index is 0. The van der Waals surface area contributed by atoms with Crippen LogP contribution in [0.3, 0.4) is 0 Å². The highest BCUT2D eigenvalue weighted by Crippen LogP contribution is 2.32. The Morgan fingerprint density at radius 2 is 1.94 bits per heavy atom. The summed E-state index contributed by atoms with van der Waals surface area (Å²) in [6.07, 6.45) is 1.12. The monoisotopic (exact) mass is 489 g/mol. The van der Waals surface area contributed by atoms with Gasteiger partial charge in [0.1, 0.15) is 17.3 Å². The summed E-state index contributed by atoms with van der Waals surface area (Å²) in [5.41, 5.74) is 8.00. The maximum absolute atomic E-state index is 13.0. The number of benzene rings is 2. The molecule has 1 aromatic heterocycles. The lowest BCUT2D eigenvalue weighted by Crippen LogP contribution is -2.53. The van der Waals surface area contributed by atoms with Crippen molar-refractivity contribution in [1.82, 2.24) is 14.9 Å². The molecule has 2 N–H and O–H groups in total. The molecule has 3 aromatic rings. The third kappa shape index (κ3) is 4.45. The number of carbonyl (C=O) groups is 1. The summed E-state index contributed by atoms with van der Waals surface area (Å²) in [5.74, 6) is 2.29.